The van der Waals surface area contributed by atoms with E-state index in [2.05, 4.69) is 15.9 Å². The number of hydrogen-bond donors (Lipinski definition) is 0. The third kappa shape index (κ3) is 2.39. The summed E-state index contributed by atoms with van der Waals surface area (Å²) in [6.07, 6.45) is 1.74. The number of carbonyl (C=O) groups is 1. The standard InChI is InChI=1S/C7H11BrO2/c8-4-7(9)3-6-1-2-10-5-6/h6H,1-5H2. The quantitative estimate of drug-likeness (QED) is 0.653. The first-order valence-corrected chi connectivity index (χ1v) is 4.60. The van der Waals surface area contributed by atoms with Crippen molar-refractivity contribution < 1.29 is 9.53 Å². The summed E-state index contributed by atoms with van der Waals surface area (Å²) in [4.78, 5) is 10.9. The van der Waals surface area contributed by atoms with E-state index in [9.17, 15) is 4.79 Å². The zero-order valence-electron chi connectivity index (χ0n) is 5.81. The molecule has 1 aliphatic heterocycles. The first-order chi connectivity index (χ1) is 4.83. The molecule has 0 N–H and O–H groups in total. The van der Waals surface area contributed by atoms with Crippen LogP contribution in [-0.2, 0) is 9.53 Å². The molecular weight excluding hydrogens is 196 g/mol. The van der Waals surface area contributed by atoms with Crippen LogP contribution in [0.15, 0.2) is 0 Å². The molecule has 0 aromatic heterocycles. The van der Waals surface area contributed by atoms with Crippen LogP contribution in [0.25, 0.3) is 0 Å². The number of rotatable bonds is 3. The molecule has 1 unspecified atom stereocenters. The maximum Gasteiger partial charge on any atom is 0.143 e. The molecule has 1 aliphatic rings. The molecule has 0 aliphatic carbocycles. The van der Waals surface area contributed by atoms with Crippen LogP contribution in [0, 0.1) is 5.92 Å². The summed E-state index contributed by atoms with van der Waals surface area (Å²) in [5.74, 6) is 0.778. The first kappa shape index (κ1) is 8.21. The van der Waals surface area contributed by atoms with Crippen LogP contribution in [-0.4, -0.2) is 24.3 Å². The van der Waals surface area contributed by atoms with Gasteiger partial charge in [0, 0.05) is 19.6 Å². The molecule has 1 heterocycles. The van der Waals surface area contributed by atoms with Crippen LogP contribution in [0.5, 0.6) is 0 Å². The van der Waals surface area contributed by atoms with Crippen molar-refractivity contribution in [1.29, 1.82) is 0 Å². The van der Waals surface area contributed by atoms with Gasteiger partial charge in [0.1, 0.15) is 5.78 Å². The molecule has 1 atom stereocenters. The van der Waals surface area contributed by atoms with Gasteiger partial charge in [-0.3, -0.25) is 4.79 Å². The molecular formula is C7H11BrO2. The minimum atomic E-state index is 0.288. The molecule has 0 aromatic rings. The molecule has 0 amide bonds. The second kappa shape index (κ2) is 4.09. The number of Topliss-reactive ketones (excluding diaryl/α,β-unsaturated/α-hetero) is 1. The highest BCUT2D eigenvalue weighted by Gasteiger charge is 2.17. The Morgan fingerprint density at radius 1 is 1.70 bits per heavy atom. The molecule has 2 nitrogen and oxygen atoms in total. The minimum Gasteiger partial charge on any atom is -0.381 e. The Balaban J connectivity index is 2.17. The topological polar surface area (TPSA) is 26.3 Å². The van der Waals surface area contributed by atoms with Crippen LogP contribution in [0.3, 0.4) is 0 Å². The Kier molecular flexibility index (Phi) is 3.35. The van der Waals surface area contributed by atoms with Gasteiger partial charge in [-0.15, -0.1) is 0 Å². The van der Waals surface area contributed by atoms with E-state index in [-0.39, 0.29) is 5.78 Å². The van der Waals surface area contributed by atoms with E-state index in [1.807, 2.05) is 0 Å². The van der Waals surface area contributed by atoms with Crippen LogP contribution in [0.4, 0.5) is 0 Å². The van der Waals surface area contributed by atoms with E-state index >= 15 is 0 Å². The zero-order valence-corrected chi connectivity index (χ0v) is 7.39. The number of ether oxygens (including phenoxy) is 1. The summed E-state index contributed by atoms with van der Waals surface area (Å²) in [7, 11) is 0. The monoisotopic (exact) mass is 206 g/mol. The van der Waals surface area contributed by atoms with Crippen molar-refractivity contribution >= 4 is 21.7 Å². The Morgan fingerprint density at radius 2 is 2.50 bits per heavy atom. The predicted molar refractivity (Wildman–Crippen MR) is 42.3 cm³/mol. The summed E-state index contributed by atoms with van der Waals surface area (Å²) < 4.78 is 5.13. The van der Waals surface area contributed by atoms with Crippen LogP contribution >= 0.6 is 15.9 Å². The summed E-state index contributed by atoms with van der Waals surface area (Å²) in [5, 5.41) is 0.490. The lowest BCUT2D eigenvalue weighted by Gasteiger charge is -2.02. The fourth-order valence-corrected chi connectivity index (χ4v) is 1.35. The molecule has 58 valence electrons. The third-order valence-electron chi connectivity index (χ3n) is 1.69. The molecule has 1 fully saturated rings. The number of carbonyl (C=O) groups excluding carboxylic acids is 1. The Bertz CT molecular complexity index is 119. The lowest BCUT2D eigenvalue weighted by molar-refractivity contribution is -0.117. The van der Waals surface area contributed by atoms with Gasteiger partial charge < -0.3 is 4.74 Å². The molecule has 0 radical (unpaired) electrons. The molecule has 0 aromatic carbocycles. The highest BCUT2D eigenvalue weighted by molar-refractivity contribution is 9.09. The minimum absolute atomic E-state index is 0.288. The molecule has 3 heteroatoms. The van der Waals surface area contributed by atoms with Gasteiger partial charge in [-0.1, -0.05) is 15.9 Å². The first-order valence-electron chi connectivity index (χ1n) is 3.48. The number of ketones is 1. The molecule has 1 rings (SSSR count). The van der Waals surface area contributed by atoms with Crippen LogP contribution in [0.1, 0.15) is 12.8 Å². The second-order valence-electron chi connectivity index (χ2n) is 2.61. The summed E-state index contributed by atoms with van der Waals surface area (Å²) >= 11 is 3.13. The second-order valence-corrected chi connectivity index (χ2v) is 3.17. The normalized spacial score (nSPS) is 25.1. The molecule has 0 bridgehead atoms. The maximum atomic E-state index is 10.9. The number of alkyl halides is 1. The lowest BCUT2D eigenvalue weighted by atomic mass is 10.0. The van der Waals surface area contributed by atoms with Crippen LogP contribution < -0.4 is 0 Å². The number of halogens is 1. The fourth-order valence-electron chi connectivity index (χ4n) is 1.12. The van der Waals surface area contributed by atoms with Crippen molar-refractivity contribution in [3.63, 3.8) is 0 Å². The maximum absolute atomic E-state index is 10.9. The van der Waals surface area contributed by atoms with Gasteiger partial charge >= 0.3 is 0 Å². The lowest BCUT2D eigenvalue weighted by Crippen LogP contribution is -2.08. The third-order valence-corrected chi connectivity index (χ3v) is 2.31. The summed E-state index contributed by atoms with van der Waals surface area (Å²) in [6, 6.07) is 0. The van der Waals surface area contributed by atoms with Gasteiger partial charge in [0.15, 0.2) is 0 Å². The Morgan fingerprint density at radius 3 is 3.00 bits per heavy atom. The van der Waals surface area contributed by atoms with Gasteiger partial charge in [0.05, 0.1) is 5.33 Å². The van der Waals surface area contributed by atoms with Crippen molar-refractivity contribution in [2.45, 2.75) is 12.8 Å². The fraction of sp³-hybridized carbons (Fsp3) is 0.857. The van der Waals surface area contributed by atoms with E-state index in [0.717, 1.165) is 19.6 Å². The van der Waals surface area contributed by atoms with E-state index in [1.165, 1.54) is 0 Å². The van der Waals surface area contributed by atoms with Gasteiger partial charge in [-0.2, -0.15) is 0 Å². The largest absolute Gasteiger partial charge is 0.381 e. The van der Waals surface area contributed by atoms with Gasteiger partial charge in [0.2, 0.25) is 0 Å². The van der Waals surface area contributed by atoms with Crippen molar-refractivity contribution in [3.8, 4) is 0 Å². The average molecular weight is 207 g/mol. The van der Waals surface area contributed by atoms with Gasteiger partial charge in [-0.25, -0.2) is 0 Å². The van der Waals surface area contributed by atoms with E-state index < -0.39 is 0 Å². The van der Waals surface area contributed by atoms with Gasteiger partial charge in [0.25, 0.3) is 0 Å². The van der Waals surface area contributed by atoms with E-state index in [1.54, 1.807) is 0 Å². The smallest absolute Gasteiger partial charge is 0.143 e. The summed E-state index contributed by atoms with van der Waals surface area (Å²) in [5.41, 5.74) is 0. The average Bonchev–Trinajstić information content (AvgIpc) is 2.40. The molecule has 0 saturated carbocycles. The van der Waals surface area contributed by atoms with Crippen molar-refractivity contribution in [1.82, 2.24) is 0 Å². The molecule has 10 heavy (non-hydrogen) atoms. The predicted octanol–water partition coefficient (Wildman–Crippen LogP) is 1.38. The van der Waals surface area contributed by atoms with Crippen molar-refractivity contribution in [2.24, 2.45) is 5.92 Å². The van der Waals surface area contributed by atoms with Crippen molar-refractivity contribution in [3.05, 3.63) is 0 Å². The molecule has 1 saturated heterocycles. The van der Waals surface area contributed by atoms with E-state index in [4.69, 9.17) is 4.74 Å². The highest BCUT2D eigenvalue weighted by Crippen LogP contribution is 2.16. The summed E-state index contributed by atoms with van der Waals surface area (Å²) in [6.45, 7) is 1.61. The highest BCUT2D eigenvalue weighted by atomic mass is 79.9. The molecule has 0 spiro atoms. The van der Waals surface area contributed by atoms with Gasteiger partial charge in [-0.05, 0) is 12.3 Å². The Labute approximate surface area is 69.1 Å². The van der Waals surface area contributed by atoms with Crippen LogP contribution in [0.2, 0.25) is 0 Å². The zero-order chi connectivity index (χ0) is 7.40. The van der Waals surface area contributed by atoms with E-state index in [0.29, 0.717) is 17.7 Å². The van der Waals surface area contributed by atoms with Crippen molar-refractivity contribution in [2.75, 3.05) is 18.5 Å². The SMILES string of the molecule is O=C(CBr)CC1CCOC1. The Hall–Kier alpha value is 0.110. The number of hydrogen-bond acceptors (Lipinski definition) is 2.